The summed E-state index contributed by atoms with van der Waals surface area (Å²) >= 11 is 0. The minimum atomic E-state index is -1.37. The van der Waals surface area contributed by atoms with Crippen LogP contribution >= 0.6 is 0 Å². The molecule has 188 valence electrons. The van der Waals surface area contributed by atoms with Crippen LogP contribution in [0.25, 0.3) is 11.1 Å². The van der Waals surface area contributed by atoms with Gasteiger partial charge in [-0.3, -0.25) is 9.59 Å². The minimum Gasteiger partial charge on any atom is -0.481 e. The Morgan fingerprint density at radius 1 is 1.06 bits per heavy atom. The average molecular weight is 483 g/mol. The molecule has 0 aromatic heterocycles. The van der Waals surface area contributed by atoms with Crippen molar-refractivity contribution in [2.24, 2.45) is 0 Å². The molecule has 2 N–H and O–H groups in total. The highest BCUT2D eigenvalue weighted by Crippen LogP contribution is 2.44. The predicted molar refractivity (Wildman–Crippen MR) is 132 cm³/mol. The normalized spacial score (nSPS) is 14.1. The molecule has 2 amide bonds. The second-order valence-corrected chi connectivity index (χ2v) is 9.06. The predicted octanol–water partition coefficient (Wildman–Crippen LogP) is 4.03. The van der Waals surface area contributed by atoms with Crippen molar-refractivity contribution in [3.05, 3.63) is 59.7 Å². The van der Waals surface area contributed by atoms with Gasteiger partial charge in [0.15, 0.2) is 0 Å². The molecule has 1 atom stereocenters. The monoisotopic (exact) mass is 482 g/mol. The molecule has 0 bridgehead atoms. The molecule has 0 radical (unpaired) electrons. The van der Waals surface area contributed by atoms with Crippen LogP contribution in [0.1, 0.15) is 50.7 Å². The van der Waals surface area contributed by atoms with Crippen LogP contribution in [-0.2, 0) is 19.1 Å². The molecule has 0 fully saturated rings. The number of nitrogens with one attached hydrogen (secondary N) is 1. The fraction of sp³-hybridized carbons (Fsp3) is 0.444. The van der Waals surface area contributed by atoms with Crippen molar-refractivity contribution < 1.29 is 29.0 Å². The van der Waals surface area contributed by atoms with Crippen LogP contribution in [-0.4, -0.2) is 66.4 Å². The lowest BCUT2D eigenvalue weighted by Gasteiger charge is -2.38. The van der Waals surface area contributed by atoms with E-state index in [2.05, 4.69) is 17.4 Å². The number of carboxylic acid groups (broad SMARTS) is 1. The van der Waals surface area contributed by atoms with Gasteiger partial charge in [-0.05, 0) is 42.5 Å². The molecule has 35 heavy (non-hydrogen) atoms. The van der Waals surface area contributed by atoms with E-state index in [4.69, 9.17) is 14.6 Å². The van der Waals surface area contributed by atoms with E-state index in [0.29, 0.717) is 0 Å². The van der Waals surface area contributed by atoms with E-state index < -0.39 is 23.5 Å². The topological polar surface area (TPSA) is 105 Å². The second-order valence-electron chi connectivity index (χ2n) is 9.06. The van der Waals surface area contributed by atoms with Gasteiger partial charge in [-0.2, -0.15) is 0 Å². The van der Waals surface area contributed by atoms with Gasteiger partial charge in [0.05, 0.1) is 13.0 Å². The van der Waals surface area contributed by atoms with Gasteiger partial charge < -0.3 is 24.8 Å². The second kappa shape index (κ2) is 11.4. The Morgan fingerprint density at radius 2 is 1.63 bits per heavy atom. The standard InChI is InChI=1S/C27H34N2O6/c1-5-27(17-34-4,25(32)29(18(2)3)15-14-24(30)31)28-26(33)35-16-23-21-12-8-6-10-19(21)20-11-7-9-13-22(20)23/h6-13,18,23H,5,14-17H2,1-4H3,(H,28,33)(H,30,31). The number of methoxy groups -OCH3 is 1. The van der Waals surface area contributed by atoms with Gasteiger partial charge in [0.25, 0.3) is 5.91 Å². The number of hydrogen-bond acceptors (Lipinski definition) is 5. The maximum absolute atomic E-state index is 13.5. The van der Waals surface area contributed by atoms with Crippen LogP contribution in [0.5, 0.6) is 0 Å². The molecule has 0 saturated heterocycles. The Kier molecular flexibility index (Phi) is 8.51. The Labute approximate surface area is 206 Å². The number of nitrogens with zero attached hydrogens (tertiary/aromatic N) is 1. The van der Waals surface area contributed by atoms with Crippen molar-refractivity contribution >= 4 is 18.0 Å². The van der Waals surface area contributed by atoms with Gasteiger partial charge in [-0.25, -0.2) is 4.79 Å². The van der Waals surface area contributed by atoms with Crippen LogP contribution in [0, 0.1) is 0 Å². The number of carboxylic acids is 1. The maximum atomic E-state index is 13.5. The lowest BCUT2D eigenvalue weighted by atomic mass is 9.94. The number of aliphatic carboxylic acids is 1. The highest BCUT2D eigenvalue weighted by molar-refractivity contribution is 5.90. The summed E-state index contributed by atoms with van der Waals surface area (Å²) in [6, 6.07) is 15.9. The Morgan fingerprint density at radius 3 is 2.11 bits per heavy atom. The van der Waals surface area contributed by atoms with Crippen molar-refractivity contribution in [1.29, 1.82) is 0 Å². The quantitative estimate of drug-likeness (QED) is 0.501. The zero-order valence-corrected chi connectivity index (χ0v) is 20.7. The summed E-state index contributed by atoms with van der Waals surface area (Å²) in [4.78, 5) is 39.1. The van der Waals surface area contributed by atoms with Crippen molar-refractivity contribution in [3.63, 3.8) is 0 Å². The lowest BCUT2D eigenvalue weighted by molar-refractivity contribution is -0.144. The molecule has 8 nitrogen and oxygen atoms in total. The Balaban J connectivity index is 1.77. The van der Waals surface area contributed by atoms with Gasteiger partial charge in [0, 0.05) is 25.6 Å². The van der Waals surface area contributed by atoms with E-state index in [1.807, 2.05) is 36.4 Å². The highest BCUT2D eigenvalue weighted by Gasteiger charge is 2.43. The van der Waals surface area contributed by atoms with Crippen molar-refractivity contribution in [1.82, 2.24) is 10.2 Å². The zero-order chi connectivity index (χ0) is 25.6. The fourth-order valence-corrected chi connectivity index (χ4v) is 4.65. The molecule has 1 aliphatic rings. The molecular weight excluding hydrogens is 448 g/mol. The molecule has 1 unspecified atom stereocenters. The third-order valence-electron chi connectivity index (χ3n) is 6.54. The Hall–Kier alpha value is -3.39. The van der Waals surface area contributed by atoms with Crippen molar-refractivity contribution in [3.8, 4) is 11.1 Å². The number of alkyl carbamates (subject to hydrolysis) is 1. The third kappa shape index (κ3) is 5.65. The number of fused-ring (bicyclic) bond motifs is 3. The molecule has 2 aromatic rings. The van der Waals surface area contributed by atoms with E-state index in [-0.39, 0.29) is 44.6 Å². The molecular formula is C27H34N2O6. The summed E-state index contributed by atoms with van der Waals surface area (Å²) in [5.41, 5.74) is 3.06. The molecule has 3 rings (SSSR count). The van der Waals surface area contributed by atoms with Gasteiger partial charge in [-0.15, -0.1) is 0 Å². The van der Waals surface area contributed by atoms with Gasteiger partial charge in [0.1, 0.15) is 12.1 Å². The summed E-state index contributed by atoms with van der Waals surface area (Å²) in [6.07, 6.45) is -0.664. The van der Waals surface area contributed by atoms with E-state index in [1.165, 1.54) is 12.0 Å². The third-order valence-corrected chi connectivity index (χ3v) is 6.54. The zero-order valence-electron chi connectivity index (χ0n) is 20.7. The Bertz CT molecular complexity index is 1020. The first-order chi connectivity index (χ1) is 16.7. The van der Waals surface area contributed by atoms with Gasteiger partial charge in [-0.1, -0.05) is 55.5 Å². The van der Waals surface area contributed by atoms with Crippen LogP contribution in [0.15, 0.2) is 48.5 Å². The highest BCUT2D eigenvalue weighted by atomic mass is 16.5. The van der Waals surface area contributed by atoms with Gasteiger partial charge >= 0.3 is 12.1 Å². The van der Waals surface area contributed by atoms with Crippen LogP contribution in [0.3, 0.4) is 0 Å². The number of benzene rings is 2. The van der Waals surface area contributed by atoms with E-state index in [9.17, 15) is 14.4 Å². The summed E-state index contributed by atoms with van der Waals surface area (Å²) in [5, 5.41) is 11.8. The van der Waals surface area contributed by atoms with E-state index >= 15 is 0 Å². The van der Waals surface area contributed by atoms with E-state index in [1.54, 1.807) is 20.8 Å². The first kappa shape index (κ1) is 26.2. The lowest BCUT2D eigenvalue weighted by Crippen LogP contribution is -2.63. The molecule has 0 spiro atoms. The largest absolute Gasteiger partial charge is 0.481 e. The maximum Gasteiger partial charge on any atom is 0.408 e. The average Bonchev–Trinajstić information content (AvgIpc) is 3.15. The van der Waals surface area contributed by atoms with Gasteiger partial charge in [0.2, 0.25) is 0 Å². The number of ether oxygens (including phenoxy) is 2. The number of carbonyl (C=O) groups is 3. The molecule has 0 aliphatic heterocycles. The van der Waals surface area contributed by atoms with Crippen LogP contribution < -0.4 is 5.32 Å². The SMILES string of the molecule is CCC(COC)(NC(=O)OCC1c2ccccc2-c2ccccc21)C(=O)N(CCC(=O)O)C(C)C. The molecule has 2 aromatic carbocycles. The van der Waals surface area contributed by atoms with Crippen LogP contribution in [0.4, 0.5) is 4.79 Å². The fourth-order valence-electron chi connectivity index (χ4n) is 4.65. The van der Waals surface area contributed by atoms with Crippen molar-refractivity contribution in [2.45, 2.75) is 51.1 Å². The molecule has 0 heterocycles. The molecule has 1 aliphatic carbocycles. The minimum absolute atomic E-state index is 0.0314. The number of carbonyl (C=O) groups excluding carboxylic acids is 2. The summed E-state index contributed by atoms with van der Waals surface area (Å²) < 4.78 is 11.0. The number of rotatable bonds is 11. The summed E-state index contributed by atoms with van der Waals surface area (Å²) in [6.45, 7) is 5.47. The van der Waals surface area contributed by atoms with E-state index in [0.717, 1.165) is 22.3 Å². The smallest absolute Gasteiger partial charge is 0.408 e. The molecule has 8 heteroatoms. The number of hydrogen-bond donors (Lipinski definition) is 2. The molecule has 0 saturated carbocycles. The summed E-state index contributed by atoms with van der Waals surface area (Å²) in [5.74, 6) is -1.50. The summed E-state index contributed by atoms with van der Waals surface area (Å²) in [7, 11) is 1.45. The number of amides is 2. The first-order valence-electron chi connectivity index (χ1n) is 11.9. The van der Waals surface area contributed by atoms with Crippen molar-refractivity contribution in [2.75, 3.05) is 26.9 Å². The first-order valence-corrected chi connectivity index (χ1v) is 11.9. The van der Waals surface area contributed by atoms with Crippen LogP contribution in [0.2, 0.25) is 0 Å².